The number of carbonyl (C=O) groups is 2. The minimum Gasteiger partial charge on any atom is -0.481 e. The average Bonchev–Trinajstić information content (AvgIpc) is 2.65. The normalized spacial score (nSPS) is 26.4. The molecule has 0 amide bonds. The van der Waals surface area contributed by atoms with Gasteiger partial charge in [0, 0.05) is 17.9 Å². The minimum absolute atomic E-state index is 0.270. The summed E-state index contributed by atoms with van der Waals surface area (Å²) in [5.74, 6) is -0.241. The van der Waals surface area contributed by atoms with Crippen LogP contribution in [0.1, 0.15) is 26.7 Å². The van der Waals surface area contributed by atoms with Crippen LogP contribution >= 0.6 is 11.8 Å². The molecule has 1 rings (SSSR count). The first kappa shape index (κ1) is 13.4. The van der Waals surface area contributed by atoms with E-state index in [1.54, 1.807) is 0 Å². The van der Waals surface area contributed by atoms with Crippen LogP contribution in [-0.4, -0.2) is 34.7 Å². The van der Waals surface area contributed by atoms with E-state index in [0.717, 1.165) is 6.42 Å². The summed E-state index contributed by atoms with van der Waals surface area (Å²) in [6.45, 7) is 4.00. The minimum atomic E-state index is -0.869. The van der Waals surface area contributed by atoms with E-state index in [9.17, 15) is 9.59 Å². The van der Waals surface area contributed by atoms with Gasteiger partial charge in [-0.05, 0) is 5.92 Å². The molecule has 0 saturated carbocycles. The van der Waals surface area contributed by atoms with Gasteiger partial charge >= 0.3 is 11.9 Å². The molecule has 5 heteroatoms. The Morgan fingerprint density at radius 1 is 1.50 bits per heavy atom. The van der Waals surface area contributed by atoms with E-state index in [2.05, 4.69) is 0 Å². The first-order chi connectivity index (χ1) is 7.54. The quantitative estimate of drug-likeness (QED) is 0.749. The van der Waals surface area contributed by atoms with Crippen molar-refractivity contribution in [3.8, 4) is 0 Å². The second-order valence-corrected chi connectivity index (χ2v) is 5.30. The molecule has 1 heterocycles. The fourth-order valence-electron chi connectivity index (χ4n) is 1.53. The van der Waals surface area contributed by atoms with Gasteiger partial charge in [0.05, 0.1) is 0 Å². The van der Waals surface area contributed by atoms with E-state index in [-0.39, 0.29) is 5.97 Å². The number of thioether (sulfide) groups is 1. The third kappa shape index (κ3) is 3.70. The van der Waals surface area contributed by atoms with E-state index >= 15 is 0 Å². The number of carboxylic acids is 1. The topological polar surface area (TPSA) is 63.6 Å². The van der Waals surface area contributed by atoms with Crippen molar-refractivity contribution in [1.82, 2.24) is 0 Å². The number of ether oxygens (including phenoxy) is 1. The van der Waals surface area contributed by atoms with Crippen LogP contribution in [0, 0.1) is 11.8 Å². The number of hydrogen-bond donors (Lipinski definition) is 1. The lowest BCUT2D eigenvalue weighted by Crippen LogP contribution is -2.31. The fourth-order valence-corrected chi connectivity index (χ4v) is 2.81. The predicted molar refractivity (Wildman–Crippen MR) is 62.4 cm³/mol. The molecule has 0 aliphatic carbocycles. The van der Waals surface area contributed by atoms with Gasteiger partial charge in [0.2, 0.25) is 0 Å². The van der Waals surface area contributed by atoms with Crippen molar-refractivity contribution in [2.45, 2.75) is 32.8 Å². The van der Waals surface area contributed by atoms with E-state index in [4.69, 9.17) is 9.84 Å². The zero-order chi connectivity index (χ0) is 12.1. The van der Waals surface area contributed by atoms with E-state index in [1.807, 2.05) is 13.8 Å². The SMILES string of the molecule is CCC(C)CC(=O)OC1CSCC1C(=O)O. The number of carboxylic acid groups (broad SMARTS) is 1. The Kier molecular flexibility index (Phi) is 5.12. The summed E-state index contributed by atoms with van der Waals surface area (Å²) in [5, 5.41) is 8.92. The monoisotopic (exact) mass is 246 g/mol. The molecule has 3 atom stereocenters. The Balaban J connectivity index is 2.41. The van der Waals surface area contributed by atoms with Gasteiger partial charge in [0.25, 0.3) is 0 Å². The summed E-state index contributed by atoms with van der Waals surface area (Å²) < 4.78 is 5.22. The van der Waals surface area contributed by atoms with Crippen LogP contribution in [0.15, 0.2) is 0 Å². The first-order valence-corrected chi connectivity index (χ1v) is 6.70. The maximum absolute atomic E-state index is 11.5. The third-order valence-electron chi connectivity index (χ3n) is 2.84. The predicted octanol–water partition coefficient (Wildman–Crippen LogP) is 1.78. The van der Waals surface area contributed by atoms with Gasteiger partial charge in [-0.3, -0.25) is 9.59 Å². The van der Waals surface area contributed by atoms with Crippen molar-refractivity contribution in [2.75, 3.05) is 11.5 Å². The summed E-state index contributed by atoms with van der Waals surface area (Å²) in [6.07, 6.45) is 0.861. The summed E-state index contributed by atoms with van der Waals surface area (Å²) in [7, 11) is 0. The Bertz CT molecular complexity index is 267. The third-order valence-corrected chi connectivity index (χ3v) is 4.00. The number of rotatable bonds is 5. The Hall–Kier alpha value is -0.710. The maximum Gasteiger partial charge on any atom is 0.311 e. The molecular formula is C11H18O4S. The van der Waals surface area contributed by atoms with Crippen LogP contribution in [0.3, 0.4) is 0 Å². The number of aliphatic carboxylic acids is 1. The molecule has 4 nitrogen and oxygen atoms in total. The first-order valence-electron chi connectivity index (χ1n) is 5.54. The number of carbonyl (C=O) groups excluding carboxylic acids is 1. The lowest BCUT2D eigenvalue weighted by Gasteiger charge is -2.17. The molecule has 0 radical (unpaired) electrons. The van der Waals surface area contributed by atoms with Crippen molar-refractivity contribution in [2.24, 2.45) is 11.8 Å². The van der Waals surface area contributed by atoms with Gasteiger partial charge in [-0.15, -0.1) is 0 Å². The Morgan fingerprint density at radius 3 is 2.75 bits per heavy atom. The largest absolute Gasteiger partial charge is 0.481 e. The molecule has 1 N–H and O–H groups in total. The van der Waals surface area contributed by atoms with Gasteiger partial charge in [0.1, 0.15) is 12.0 Å². The van der Waals surface area contributed by atoms with Gasteiger partial charge in [0.15, 0.2) is 0 Å². The molecule has 92 valence electrons. The van der Waals surface area contributed by atoms with Crippen molar-refractivity contribution < 1.29 is 19.4 Å². The highest BCUT2D eigenvalue weighted by Crippen LogP contribution is 2.27. The highest BCUT2D eigenvalue weighted by atomic mass is 32.2. The van der Waals surface area contributed by atoms with Crippen molar-refractivity contribution in [3.05, 3.63) is 0 Å². The Morgan fingerprint density at radius 2 is 2.19 bits per heavy atom. The zero-order valence-corrected chi connectivity index (χ0v) is 10.5. The summed E-state index contributed by atoms with van der Waals surface area (Å²) >= 11 is 1.53. The second kappa shape index (κ2) is 6.13. The molecule has 16 heavy (non-hydrogen) atoms. The standard InChI is InChI=1S/C11H18O4S/c1-3-7(2)4-10(12)15-9-6-16-5-8(9)11(13)14/h7-9H,3-6H2,1-2H3,(H,13,14). The number of hydrogen-bond acceptors (Lipinski definition) is 4. The van der Waals surface area contributed by atoms with Crippen molar-refractivity contribution in [1.29, 1.82) is 0 Å². The smallest absolute Gasteiger partial charge is 0.311 e. The fraction of sp³-hybridized carbons (Fsp3) is 0.818. The number of esters is 1. The molecule has 0 aromatic heterocycles. The molecule has 1 saturated heterocycles. The van der Waals surface area contributed by atoms with E-state index < -0.39 is 18.0 Å². The molecule has 3 unspecified atom stereocenters. The molecule has 0 aromatic carbocycles. The molecule has 0 aromatic rings. The summed E-state index contributed by atoms with van der Waals surface area (Å²) in [4.78, 5) is 22.4. The van der Waals surface area contributed by atoms with Gasteiger partial charge in [-0.25, -0.2) is 0 Å². The van der Waals surface area contributed by atoms with Crippen LogP contribution in [0.25, 0.3) is 0 Å². The van der Waals surface area contributed by atoms with Crippen LogP contribution in [-0.2, 0) is 14.3 Å². The molecular weight excluding hydrogens is 228 g/mol. The van der Waals surface area contributed by atoms with Crippen LogP contribution in [0.2, 0.25) is 0 Å². The zero-order valence-electron chi connectivity index (χ0n) is 9.64. The summed E-state index contributed by atoms with van der Waals surface area (Å²) in [6, 6.07) is 0. The molecule has 1 aliphatic heterocycles. The maximum atomic E-state index is 11.5. The summed E-state index contributed by atoms with van der Waals surface area (Å²) in [5.41, 5.74) is 0. The lowest BCUT2D eigenvalue weighted by molar-refractivity contribution is -0.156. The Labute approximate surface area is 99.7 Å². The molecule has 0 bridgehead atoms. The van der Waals surface area contributed by atoms with Crippen molar-refractivity contribution in [3.63, 3.8) is 0 Å². The van der Waals surface area contributed by atoms with Crippen LogP contribution in [0.4, 0.5) is 0 Å². The molecule has 1 aliphatic rings. The van der Waals surface area contributed by atoms with E-state index in [0.29, 0.717) is 23.8 Å². The average molecular weight is 246 g/mol. The highest BCUT2D eigenvalue weighted by molar-refractivity contribution is 7.99. The highest BCUT2D eigenvalue weighted by Gasteiger charge is 2.36. The lowest BCUT2D eigenvalue weighted by atomic mass is 10.0. The van der Waals surface area contributed by atoms with Gasteiger partial charge < -0.3 is 9.84 Å². The van der Waals surface area contributed by atoms with Gasteiger partial charge in [-0.2, -0.15) is 11.8 Å². The van der Waals surface area contributed by atoms with E-state index in [1.165, 1.54) is 11.8 Å². The molecule has 0 spiro atoms. The second-order valence-electron chi connectivity index (χ2n) is 4.23. The molecule has 1 fully saturated rings. The van der Waals surface area contributed by atoms with Crippen LogP contribution in [0.5, 0.6) is 0 Å². The van der Waals surface area contributed by atoms with Gasteiger partial charge in [-0.1, -0.05) is 20.3 Å². The van der Waals surface area contributed by atoms with Crippen LogP contribution < -0.4 is 0 Å². The van der Waals surface area contributed by atoms with Crippen molar-refractivity contribution >= 4 is 23.7 Å².